The van der Waals surface area contributed by atoms with Crippen LogP contribution >= 0.6 is 0 Å². The van der Waals surface area contributed by atoms with Gasteiger partial charge < -0.3 is 4.42 Å². The number of benzene rings is 6. The second-order valence-electron chi connectivity index (χ2n) is 14.7. The Bertz CT molecular complexity index is 3300. The quantitative estimate of drug-likeness (QED) is 0.152. The van der Waals surface area contributed by atoms with Crippen molar-refractivity contribution < 1.29 is 4.42 Å². The van der Waals surface area contributed by atoms with Crippen molar-refractivity contribution in [3.05, 3.63) is 207 Å². The van der Waals surface area contributed by atoms with Crippen molar-refractivity contribution in [1.82, 2.24) is 29.9 Å². The summed E-state index contributed by atoms with van der Waals surface area (Å²) < 4.78 is 6.82. The van der Waals surface area contributed by atoms with Crippen LogP contribution in [-0.4, -0.2) is 29.9 Å². The minimum Gasteiger partial charge on any atom is -0.455 e. The molecule has 11 aromatic rings. The molecule has 0 spiro atoms. The summed E-state index contributed by atoms with van der Waals surface area (Å²) in [5.41, 5.74) is 13.4. The molecule has 286 valence electrons. The molecule has 0 fully saturated rings. The van der Waals surface area contributed by atoms with E-state index < -0.39 is 0 Å². The van der Waals surface area contributed by atoms with Crippen LogP contribution in [0, 0.1) is 0 Å². The van der Waals surface area contributed by atoms with Crippen LogP contribution in [0.2, 0.25) is 0 Å². The average Bonchev–Trinajstić information content (AvgIpc) is 3.76. The van der Waals surface area contributed by atoms with Crippen molar-refractivity contribution >= 4 is 21.9 Å². The highest BCUT2D eigenvalue weighted by Gasteiger charge is 2.24. The predicted molar refractivity (Wildman–Crippen MR) is 244 cm³/mol. The normalized spacial score (nSPS) is 11.3. The molecule has 7 heteroatoms. The summed E-state index contributed by atoms with van der Waals surface area (Å²) in [4.78, 5) is 29.1. The van der Waals surface area contributed by atoms with E-state index >= 15 is 0 Å². The van der Waals surface area contributed by atoms with Gasteiger partial charge in [-0.3, -0.25) is 9.97 Å². The molecule has 0 radical (unpaired) electrons. The highest BCUT2D eigenvalue weighted by atomic mass is 16.3. The van der Waals surface area contributed by atoms with E-state index in [1.807, 2.05) is 85.2 Å². The van der Waals surface area contributed by atoms with Crippen molar-refractivity contribution in [1.29, 1.82) is 0 Å². The summed E-state index contributed by atoms with van der Waals surface area (Å²) in [7, 11) is 0. The molecule has 0 aliphatic rings. The first-order valence-electron chi connectivity index (χ1n) is 20.1. The van der Waals surface area contributed by atoms with Gasteiger partial charge in [0.1, 0.15) is 11.3 Å². The monoisotopic (exact) mass is 782 g/mol. The van der Waals surface area contributed by atoms with Crippen molar-refractivity contribution in [3.8, 4) is 90.1 Å². The maximum absolute atomic E-state index is 6.82. The van der Waals surface area contributed by atoms with Crippen LogP contribution in [0.4, 0.5) is 0 Å². The van der Waals surface area contributed by atoms with Crippen LogP contribution in [0.5, 0.6) is 0 Å². The minimum atomic E-state index is 0.611. The van der Waals surface area contributed by atoms with E-state index in [0.717, 1.165) is 94.5 Å². The maximum atomic E-state index is 6.82. The molecule has 11 rings (SSSR count). The van der Waals surface area contributed by atoms with Crippen molar-refractivity contribution in [3.63, 3.8) is 0 Å². The Labute approximate surface area is 351 Å². The van der Waals surface area contributed by atoms with Crippen LogP contribution in [0.1, 0.15) is 0 Å². The number of rotatable bonds is 8. The van der Waals surface area contributed by atoms with E-state index in [4.69, 9.17) is 24.4 Å². The number of nitrogens with zero attached hydrogens (tertiary/aromatic N) is 6. The Kier molecular flexibility index (Phi) is 9.02. The smallest absolute Gasteiger partial charge is 0.164 e. The highest BCUT2D eigenvalue weighted by Crippen LogP contribution is 2.46. The molecule has 5 aromatic heterocycles. The van der Waals surface area contributed by atoms with E-state index in [-0.39, 0.29) is 0 Å². The zero-order valence-electron chi connectivity index (χ0n) is 32.7. The lowest BCUT2D eigenvalue weighted by molar-refractivity contribution is 0.635. The van der Waals surface area contributed by atoms with Gasteiger partial charge in [0.15, 0.2) is 17.5 Å². The summed E-state index contributed by atoms with van der Waals surface area (Å²) in [5.74, 6) is 2.59. The molecule has 0 N–H and O–H groups in total. The van der Waals surface area contributed by atoms with Crippen LogP contribution in [0.15, 0.2) is 211 Å². The maximum Gasteiger partial charge on any atom is 0.164 e. The number of aromatic nitrogens is 6. The van der Waals surface area contributed by atoms with E-state index in [0.29, 0.717) is 17.5 Å². The molecular formula is C54H34N6O. The molecule has 0 aliphatic carbocycles. The fourth-order valence-corrected chi connectivity index (χ4v) is 7.91. The van der Waals surface area contributed by atoms with Gasteiger partial charge in [-0.25, -0.2) is 19.9 Å². The van der Waals surface area contributed by atoms with Gasteiger partial charge in [-0.05, 0) is 52.6 Å². The lowest BCUT2D eigenvalue weighted by atomic mass is 9.95. The molecule has 0 saturated heterocycles. The molecule has 0 aliphatic heterocycles. The first-order chi connectivity index (χ1) is 30.2. The third kappa shape index (κ3) is 6.80. The van der Waals surface area contributed by atoms with Crippen LogP contribution in [0.25, 0.3) is 112 Å². The molecule has 0 saturated carbocycles. The SMILES string of the molecule is c1ccc(-c2ccc(-c3nc(-c4ccccc4)nc(-c4ccc(-c5ccc(-c6nc7ccccc7c7oc(-c8cccnc8)c(-c8cccnc8)c67)cc5)cc4)n3)cc2)cc1. The highest BCUT2D eigenvalue weighted by molar-refractivity contribution is 6.16. The van der Waals surface area contributed by atoms with Crippen molar-refractivity contribution in [2.75, 3.05) is 0 Å². The minimum absolute atomic E-state index is 0.611. The standard InChI is InChI=1S/C54H34N6O/c1-3-11-35(12-4-1)36-21-27-41(28-22-36)53-58-52(40-13-5-2-6-14-40)59-54(60-53)42-29-23-38(24-30-42)37-19-25-39(26-20-37)49-48-47(43-15-9-31-55-33-43)50(44-16-10-32-56-34-44)61-51(48)45-17-7-8-18-46(45)57-49/h1-34H. The fraction of sp³-hybridized carbons (Fsp3) is 0. The Morgan fingerprint density at radius 3 is 1.30 bits per heavy atom. The third-order valence-electron chi connectivity index (χ3n) is 11.0. The van der Waals surface area contributed by atoms with Gasteiger partial charge in [0, 0.05) is 69.1 Å². The number of furan rings is 1. The molecule has 5 heterocycles. The number of pyridine rings is 3. The molecule has 0 bridgehead atoms. The summed E-state index contributed by atoms with van der Waals surface area (Å²) in [6, 6.07) is 61.8. The molecular weight excluding hydrogens is 749 g/mol. The lowest BCUT2D eigenvalue weighted by Crippen LogP contribution is -2.00. The van der Waals surface area contributed by atoms with Gasteiger partial charge in [-0.1, -0.05) is 152 Å². The Balaban J connectivity index is 0.963. The van der Waals surface area contributed by atoms with Crippen molar-refractivity contribution in [2.24, 2.45) is 0 Å². The Morgan fingerprint density at radius 2 is 0.754 bits per heavy atom. The Morgan fingerprint density at radius 1 is 0.328 bits per heavy atom. The number of hydrogen-bond donors (Lipinski definition) is 0. The average molecular weight is 783 g/mol. The summed E-state index contributed by atoms with van der Waals surface area (Å²) >= 11 is 0. The van der Waals surface area contributed by atoms with Crippen LogP contribution in [0.3, 0.4) is 0 Å². The van der Waals surface area contributed by atoms with Gasteiger partial charge in [0.05, 0.1) is 16.6 Å². The van der Waals surface area contributed by atoms with E-state index in [1.165, 1.54) is 0 Å². The molecule has 0 amide bonds. The Hall–Kier alpha value is -8.42. The van der Waals surface area contributed by atoms with Gasteiger partial charge in [-0.15, -0.1) is 0 Å². The summed E-state index contributed by atoms with van der Waals surface area (Å²) in [5, 5.41) is 1.88. The molecule has 0 unspecified atom stereocenters. The van der Waals surface area contributed by atoms with Gasteiger partial charge in [-0.2, -0.15) is 0 Å². The zero-order valence-corrected chi connectivity index (χ0v) is 32.7. The van der Waals surface area contributed by atoms with E-state index in [1.54, 1.807) is 12.4 Å². The van der Waals surface area contributed by atoms with Gasteiger partial charge in [0.25, 0.3) is 0 Å². The molecule has 0 atom stereocenters. The van der Waals surface area contributed by atoms with Crippen molar-refractivity contribution in [2.45, 2.75) is 0 Å². The summed E-state index contributed by atoms with van der Waals surface area (Å²) in [6.45, 7) is 0. The van der Waals surface area contributed by atoms with Crippen LogP contribution in [-0.2, 0) is 0 Å². The third-order valence-corrected chi connectivity index (χ3v) is 11.0. The number of hydrogen-bond acceptors (Lipinski definition) is 7. The van der Waals surface area contributed by atoms with Gasteiger partial charge >= 0.3 is 0 Å². The number of fused-ring (bicyclic) bond motifs is 3. The molecule has 7 nitrogen and oxygen atoms in total. The second kappa shape index (κ2) is 15.4. The van der Waals surface area contributed by atoms with E-state index in [9.17, 15) is 0 Å². The largest absolute Gasteiger partial charge is 0.455 e. The summed E-state index contributed by atoms with van der Waals surface area (Å²) in [6.07, 6.45) is 7.26. The fourth-order valence-electron chi connectivity index (χ4n) is 7.91. The predicted octanol–water partition coefficient (Wildman–Crippen LogP) is 13.3. The first-order valence-corrected chi connectivity index (χ1v) is 20.1. The topological polar surface area (TPSA) is 90.5 Å². The molecule has 61 heavy (non-hydrogen) atoms. The second-order valence-corrected chi connectivity index (χ2v) is 14.7. The van der Waals surface area contributed by atoms with E-state index in [2.05, 4.69) is 119 Å². The number of para-hydroxylation sites is 1. The van der Waals surface area contributed by atoms with Gasteiger partial charge in [0.2, 0.25) is 0 Å². The lowest BCUT2D eigenvalue weighted by Gasteiger charge is -2.11. The van der Waals surface area contributed by atoms with Crippen LogP contribution < -0.4 is 0 Å². The molecule has 6 aromatic carbocycles. The zero-order chi connectivity index (χ0) is 40.5. The first kappa shape index (κ1) is 35.7.